The lowest BCUT2D eigenvalue weighted by molar-refractivity contribution is 0.0917. The third-order valence-electron chi connectivity index (χ3n) is 4.41. The molecule has 0 aliphatic carbocycles. The predicted octanol–water partition coefficient (Wildman–Crippen LogP) is 3.56. The fourth-order valence-electron chi connectivity index (χ4n) is 3.02. The highest BCUT2D eigenvalue weighted by atomic mass is 31.2. The molecule has 0 saturated carbocycles. The third-order valence-corrected chi connectivity index (χ3v) is 4.79. The van der Waals surface area contributed by atoms with Gasteiger partial charge in [-0.3, -0.25) is 4.79 Å². The van der Waals surface area contributed by atoms with Crippen molar-refractivity contribution in [3.8, 4) is 5.75 Å². The van der Waals surface area contributed by atoms with E-state index in [0.29, 0.717) is 11.1 Å². The molecule has 6 nitrogen and oxygen atoms in total. The van der Waals surface area contributed by atoms with Crippen molar-refractivity contribution in [1.29, 1.82) is 0 Å². The molecule has 1 unspecified atom stereocenters. The van der Waals surface area contributed by atoms with E-state index in [2.05, 4.69) is 5.32 Å². The fraction of sp³-hybridized carbons (Fsp3) is 0.190. The molecule has 0 aliphatic rings. The Morgan fingerprint density at radius 1 is 1.10 bits per heavy atom. The third kappa shape index (κ3) is 5.95. The first-order chi connectivity index (χ1) is 13.9. The van der Waals surface area contributed by atoms with Gasteiger partial charge in [0.05, 0.1) is 19.8 Å². The predicted molar refractivity (Wildman–Crippen MR) is 109 cm³/mol. The van der Waals surface area contributed by atoms with E-state index in [9.17, 15) is 9.18 Å². The summed E-state index contributed by atoms with van der Waals surface area (Å²) in [5, 5.41) is 4.64. The Hall–Kier alpha value is -2.57. The Labute approximate surface area is 168 Å². The van der Waals surface area contributed by atoms with Gasteiger partial charge in [-0.1, -0.05) is 24.3 Å². The van der Waals surface area contributed by atoms with Gasteiger partial charge in [0.2, 0.25) is 0 Å². The number of rotatable bonds is 8. The average molecular weight is 417 g/mol. The monoisotopic (exact) mass is 417 g/mol. The van der Waals surface area contributed by atoms with Crippen LogP contribution in [-0.2, 0) is 10.9 Å². The van der Waals surface area contributed by atoms with Gasteiger partial charge in [0.25, 0.3) is 5.91 Å². The fourth-order valence-corrected chi connectivity index (χ4v) is 3.33. The molecule has 0 heterocycles. The molecule has 0 fully saturated rings. The van der Waals surface area contributed by atoms with Crippen LogP contribution in [-0.4, -0.2) is 35.5 Å². The second kappa shape index (κ2) is 9.76. The van der Waals surface area contributed by atoms with Gasteiger partial charge < -0.3 is 24.4 Å². The normalized spacial score (nSPS) is 12.2. The van der Waals surface area contributed by atoms with E-state index in [4.69, 9.17) is 19.0 Å². The lowest BCUT2D eigenvalue weighted by Gasteiger charge is -2.19. The molecule has 8 heteroatoms. The van der Waals surface area contributed by atoms with Crippen molar-refractivity contribution in [3.63, 3.8) is 0 Å². The van der Waals surface area contributed by atoms with Gasteiger partial charge in [-0.15, -0.1) is 0 Å². The van der Waals surface area contributed by atoms with Gasteiger partial charge in [-0.05, 0) is 59.2 Å². The van der Waals surface area contributed by atoms with Gasteiger partial charge in [-0.25, -0.2) is 4.39 Å². The molecule has 3 rings (SSSR count). The molecule has 29 heavy (non-hydrogen) atoms. The maximum Gasteiger partial charge on any atom is 0.327 e. The molecule has 0 bridgehead atoms. The molecule has 3 aromatic rings. The Morgan fingerprint density at radius 3 is 2.59 bits per heavy atom. The van der Waals surface area contributed by atoms with Crippen LogP contribution in [0, 0.1) is 5.82 Å². The van der Waals surface area contributed by atoms with Crippen LogP contribution >= 0.6 is 8.60 Å². The Balaban J connectivity index is 1.76. The van der Waals surface area contributed by atoms with Crippen molar-refractivity contribution in [1.82, 2.24) is 5.32 Å². The minimum absolute atomic E-state index is 0.119. The van der Waals surface area contributed by atoms with E-state index >= 15 is 0 Å². The summed E-state index contributed by atoms with van der Waals surface area (Å²) in [7, 11) is -0.967. The van der Waals surface area contributed by atoms with Crippen LogP contribution in [0.25, 0.3) is 10.8 Å². The van der Waals surface area contributed by atoms with Crippen molar-refractivity contribution in [2.75, 3.05) is 13.7 Å². The number of amides is 1. The van der Waals surface area contributed by atoms with Gasteiger partial charge in [-0.2, -0.15) is 0 Å². The van der Waals surface area contributed by atoms with E-state index in [0.717, 1.165) is 16.5 Å². The van der Waals surface area contributed by atoms with Crippen LogP contribution < -0.4 is 10.1 Å². The first-order valence-electron chi connectivity index (χ1n) is 8.88. The van der Waals surface area contributed by atoms with E-state index in [-0.39, 0.29) is 24.8 Å². The van der Waals surface area contributed by atoms with E-state index in [1.807, 2.05) is 24.3 Å². The van der Waals surface area contributed by atoms with Gasteiger partial charge in [0, 0.05) is 5.56 Å². The standard InChI is InChI=1S/C21H21FNO5P/c1-27-20-8-7-15-11-17(6-5-16(15)12-20)21(24)23-19(13-28-29(25)26)10-14-3-2-4-18(22)9-14/h2-9,11-12,19,25-26H,10,13H2,1H3,(H,23,24). The molecule has 152 valence electrons. The molecule has 0 radical (unpaired) electrons. The van der Waals surface area contributed by atoms with Crippen molar-refractivity contribution in [3.05, 3.63) is 77.6 Å². The minimum Gasteiger partial charge on any atom is -0.497 e. The van der Waals surface area contributed by atoms with Gasteiger partial charge in [0.1, 0.15) is 11.6 Å². The summed E-state index contributed by atoms with van der Waals surface area (Å²) in [6, 6.07) is 16.3. The lowest BCUT2D eigenvalue weighted by atomic mass is 10.0. The van der Waals surface area contributed by atoms with Crippen LogP contribution in [0.2, 0.25) is 0 Å². The van der Waals surface area contributed by atoms with Crippen LogP contribution in [0.3, 0.4) is 0 Å². The number of hydrogen-bond acceptors (Lipinski definition) is 5. The summed E-state index contributed by atoms with van der Waals surface area (Å²) < 4.78 is 23.6. The number of benzene rings is 3. The molecular formula is C21H21FNO5P. The van der Waals surface area contributed by atoms with Gasteiger partial charge >= 0.3 is 8.60 Å². The molecule has 0 aromatic heterocycles. The summed E-state index contributed by atoms with van der Waals surface area (Å²) in [4.78, 5) is 30.8. The zero-order chi connectivity index (χ0) is 20.8. The summed E-state index contributed by atoms with van der Waals surface area (Å²) in [6.45, 7) is -0.119. The smallest absolute Gasteiger partial charge is 0.327 e. The number of nitrogens with one attached hydrogen (secondary N) is 1. The van der Waals surface area contributed by atoms with Crippen molar-refractivity contribution in [2.45, 2.75) is 12.5 Å². The minimum atomic E-state index is -2.56. The number of hydrogen-bond donors (Lipinski definition) is 3. The number of carbonyl (C=O) groups excluding carboxylic acids is 1. The Morgan fingerprint density at radius 2 is 1.86 bits per heavy atom. The number of halogens is 1. The first kappa shape index (κ1) is 21.1. The topological polar surface area (TPSA) is 88.0 Å². The summed E-state index contributed by atoms with van der Waals surface area (Å²) in [5.74, 6) is 0.00413. The van der Waals surface area contributed by atoms with Crippen molar-refractivity contribution >= 4 is 25.3 Å². The zero-order valence-electron chi connectivity index (χ0n) is 15.7. The summed E-state index contributed by atoms with van der Waals surface area (Å²) in [6.07, 6.45) is 0.275. The number of carbonyl (C=O) groups is 1. The largest absolute Gasteiger partial charge is 0.497 e. The quantitative estimate of drug-likeness (QED) is 0.488. The highest BCUT2D eigenvalue weighted by Crippen LogP contribution is 2.25. The molecular weight excluding hydrogens is 396 g/mol. The van der Waals surface area contributed by atoms with Crippen LogP contribution in [0.15, 0.2) is 60.7 Å². The molecule has 0 aliphatic heterocycles. The highest BCUT2D eigenvalue weighted by molar-refractivity contribution is 7.39. The molecule has 1 amide bonds. The number of fused-ring (bicyclic) bond motifs is 1. The Kier molecular flexibility index (Phi) is 7.12. The maximum absolute atomic E-state index is 13.5. The summed E-state index contributed by atoms with van der Waals surface area (Å²) >= 11 is 0. The SMILES string of the molecule is COc1ccc2cc(C(=O)NC(COP(O)O)Cc3cccc(F)c3)ccc2c1. The highest BCUT2D eigenvalue weighted by Gasteiger charge is 2.17. The van der Waals surface area contributed by atoms with Crippen LogP contribution in [0.1, 0.15) is 15.9 Å². The molecule has 3 N–H and O–H groups in total. The first-order valence-corrected chi connectivity index (χ1v) is 10.0. The molecule has 3 aromatic carbocycles. The van der Waals surface area contributed by atoms with Crippen molar-refractivity contribution < 1.29 is 28.2 Å². The second-order valence-corrected chi connectivity index (χ2v) is 7.24. The lowest BCUT2D eigenvalue weighted by Crippen LogP contribution is -2.39. The van der Waals surface area contributed by atoms with E-state index < -0.39 is 14.6 Å². The second-order valence-electron chi connectivity index (χ2n) is 6.48. The number of ether oxygens (including phenoxy) is 1. The maximum atomic E-state index is 13.5. The zero-order valence-corrected chi connectivity index (χ0v) is 16.6. The summed E-state index contributed by atoms with van der Waals surface area (Å²) in [5.41, 5.74) is 1.10. The number of methoxy groups -OCH3 is 1. The van der Waals surface area contributed by atoms with E-state index in [1.54, 1.807) is 31.4 Å². The van der Waals surface area contributed by atoms with Crippen LogP contribution in [0.5, 0.6) is 5.75 Å². The Bertz CT molecular complexity index is 998. The average Bonchev–Trinajstić information content (AvgIpc) is 2.71. The van der Waals surface area contributed by atoms with Crippen molar-refractivity contribution in [2.24, 2.45) is 0 Å². The van der Waals surface area contributed by atoms with Crippen LogP contribution in [0.4, 0.5) is 4.39 Å². The van der Waals surface area contributed by atoms with Gasteiger partial charge in [0.15, 0.2) is 0 Å². The molecule has 0 spiro atoms. The molecule has 1 atom stereocenters. The molecule has 0 saturated heterocycles. The van der Waals surface area contributed by atoms with E-state index in [1.165, 1.54) is 12.1 Å².